The second kappa shape index (κ2) is 46.4. The highest BCUT2D eigenvalue weighted by Gasteiger charge is 2.32. The van der Waals surface area contributed by atoms with Gasteiger partial charge in [0.2, 0.25) is 6.29 Å². The predicted octanol–water partition coefficient (Wildman–Crippen LogP) is 19.4. The number of phenols is 5. The van der Waals surface area contributed by atoms with Gasteiger partial charge in [-0.25, -0.2) is 9.97 Å². The zero-order chi connectivity index (χ0) is 90.9. The van der Waals surface area contributed by atoms with E-state index in [4.69, 9.17) is 37.3 Å². The molecule has 2 amide bonds. The molecule has 6 aromatic heterocycles. The topological polar surface area (TPSA) is 373 Å². The highest BCUT2D eigenvalue weighted by atomic mass is 32.1. The van der Waals surface area contributed by atoms with Crippen LogP contribution in [0.1, 0.15) is 156 Å². The van der Waals surface area contributed by atoms with E-state index in [0.29, 0.717) is 162 Å². The van der Waals surface area contributed by atoms with E-state index in [1.54, 1.807) is 205 Å². The molecule has 0 saturated carbocycles. The van der Waals surface area contributed by atoms with Crippen molar-refractivity contribution in [1.29, 1.82) is 0 Å². The van der Waals surface area contributed by atoms with E-state index in [9.17, 15) is 59.1 Å². The molecule has 0 bridgehead atoms. The largest absolute Gasteiger partial charge is 0.507 e. The number of hydrogen-bond acceptors (Lipinski definition) is 26. The van der Waals surface area contributed by atoms with Gasteiger partial charge in [0.15, 0.2) is 35.4 Å². The van der Waals surface area contributed by atoms with Crippen molar-refractivity contribution < 1.29 is 96.3 Å². The van der Waals surface area contributed by atoms with E-state index in [0.717, 1.165) is 67.8 Å². The molecule has 0 aliphatic carbocycles. The lowest BCUT2D eigenvalue weighted by Crippen LogP contribution is -2.47. The Hall–Kier alpha value is -16.1. The lowest BCUT2D eigenvalue weighted by atomic mass is 9.99. The zero-order valence-electron chi connectivity index (χ0n) is 69.8. The third-order valence-corrected chi connectivity index (χ3v) is 21.1. The van der Waals surface area contributed by atoms with Gasteiger partial charge in [-0.15, -0.1) is 11.3 Å². The number of furan rings is 1. The second-order valence-corrected chi connectivity index (χ2v) is 29.2. The number of methoxy groups -OCH3 is 1. The van der Waals surface area contributed by atoms with Gasteiger partial charge in [-0.3, -0.25) is 48.5 Å². The summed E-state index contributed by atoms with van der Waals surface area (Å²) in [7, 11) is 1.52. The first-order chi connectivity index (χ1) is 62.4. The number of oxazole rings is 1. The number of carbonyl (C=O) groups is 7. The Morgan fingerprint density at radius 1 is 0.477 bits per heavy atom. The first kappa shape index (κ1) is 92.6. The van der Waals surface area contributed by atoms with Crippen LogP contribution in [0.5, 0.6) is 63.2 Å². The van der Waals surface area contributed by atoms with E-state index < -0.39 is 0 Å². The number of ether oxygens (including phenoxy) is 6. The maximum absolute atomic E-state index is 13.2. The number of piperidine rings is 2. The van der Waals surface area contributed by atoms with Gasteiger partial charge in [-0.1, -0.05) is 124 Å². The van der Waals surface area contributed by atoms with Crippen LogP contribution < -0.4 is 28.4 Å². The number of amides is 2. The quantitative estimate of drug-likeness (QED) is 0.0252. The van der Waals surface area contributed by atoms with Crippen molar-refractivity contribution in [3.63, 3.8) is 0 Å². The van der Waals surface area contributed by atoms with E-state index in [2.05, 4.69) is 57.8 Å². The summed E-state index contributed by atoms with van der Waals surface area (Å²) < 4.78 is 45.0. The van der Waals surface area contributed by atoms with Crippen LogP contribution in [-0.2, 0) is 19.8 Å². The van der Waals surface area contributed by atoms with Crippen molar-refractivity contribution >= 4 is 85.0 Å². The van der Waals surface area contributed by atoms with Crippen LogP contribution >= 0.6 is 11.3 Å². The Bertz CT molecular complexity index is 5750. The molecule has 0 radical (unpaired) electrons. The normalized spacial score (nSPS) is 13.0. The van der Waals surface area contributed by atoms with Crippen LogP contribution in [0.2, 0.25) is 0 Å². The number of phenolic OH excluding ortho intramolecular Hbond substituents is 5. The molecule has 0 unspecified atom stereocenters. The molecule has 2 saturated heterocycles. The molecule has 7 aromatic carbocycles. The van der Waals surface area contributed by atoms with Crippen LogP contribution in [0, 0.1) is 0 Å². The zero-order valence-corrected chi connectivity index (χ0v) is 70.6. The molecule has 13 aromatic rings. The van der Waals surface area contributed by atoms with Gasteiger partial charge < -0.3 is 72.6 Å². The van der Waals surface area contributed by atoms with Crippen LogP contribution in [0.15, 0.2) is 254 Å². The molecular weight excluding hydrogens is 1650 g/mol. The number of thiazole rings is 1. The van der Waals surface area contributed by atoms with Gasteiger partial charge in [0.05, 0.1) is 70.2 Å². The predicted molar refractivity (Wildman–Crippen MR) is 486 cm³/mol. The number of likely N-dealkylation sites (tertiary alicyclic amines) is 2. The Morgan fingerprint density at radius 2 is 0.930 bits per heavy atom. The molecule has 28 heteroatoms. The number of aromatic hydroxyl groups is 5. The van der Waals surface area contributed by atoms with Crippen LogP contribution in [0.4, 0.5) is 0 Å². The van der Waals surface area contributed by atoms with Crippen molar-refractivity contribution in [2.45, 2.75) is 70.4 Å². The first-order valence-corrected chi connectivity index (χ1v) is 41.1. The summed E-state index contributed by atoms with van der Waals surface area (Å²) in [5.41, 5.74) is 10.1. The van der Waals surface area contributed by atoms with Crippen molar-refractivity contribution in [1.82, 2.24) is 34.7 Å². The van der Waals surface area contributed by atoms with Crippen molar-refractivity contribution in [3.05, 3.63) is 329 Å². The molecule has 652 valence electrons. The summed E-state index contributed by atoms with van der Waals surface area (Å²) in [5.74, 6) is 4.06. The average molecular weight is 1740 g/mol. The molecule has 128 heavy (non-hydrogen) atoms. The van der Waals surface area contributed by atoms with E-state index >= 15 is 0 Å². The van der Waals surface area contributed by atoms with E-state index in [-0.39, 0.29) is 90.7 Å². The van der Waals surface area contributed by atoms with Crippen molar-refractivity contribution in [2.75, 3.05) is 33.4 Å². The number of rotatable bonds is 31. The molecule has 0 spiro atoms. The van der Waals surface area contributed by atoms with Gasteiger partial charge in [0, 0.05) is 76.0 Å². The Kier molecular flexibility index (Phi) is 33.6. The number of carbonyl (C=O) groups excluding carboxylic acids is 7. The number of benzene rings is 7. The van der Waals surface area contributed by atoms with Crippen molar-refractivity contribution in [3.8, 4) is 97.3 Å². The molecule has 15 rings (SSSR count). The molecule has 8 heterocycles. The highest BCUT2D eigenvalue weighted by molar-refractivity contribution is 7.11. The monoisotopic (exact) mass is 1740 g/mol. The van der Waals surface area contributed by atoms with Gasteiger partial charge >= 0.3 is 0 Å². The third-order valence-electron chi connectivity index (χ3n) is 20.3. The number of nitrogens with zero attached hydrogens (tertiary/aromatic N) is 7. The third kappa shape index (κ3) is 23.8. The van der Waals surface area contributed by atoms with E-state index in [1.165, 1.54) is 37.0 Å². The highest BCUT2D eigenvalue weighted by Crippen LogP contribution is 2.37. The summed E-state index contributed by atoms with van der Waals surface area (Å²) in [6, 6.07) is 49.2. The molecule has 2 aliphatic rings. The van der Waals surface area contributed by atoms with Crippen LogP contribution in [-0.4, -0.2) is 149 Å². The molecule has 27 nitrogen and oxygen atoms in total. The summed E-state index contributed by atoms with van der Waals surface area (Å²) in [4.78, 5) is 105. The number of hydrogen-bond donors (Lipinski definition) is 5. The van der Waals surface area contributed by atoms with Crippen LogP contribution in [0.3, 0.4) is 0 Å². The minimum absolute atomic E-state index is 0.00977. The first-order valence-electron chi connectivity index (χ1n) is 40.3. The Labute approximate surface area is 741 Å². The number of pyridine rings is 3. The fraction of sp³-hybridized carbons (Fsp3) is 0.160. The average Bonchev–Trinajstić information content (AvgIpc) is 1.05. The second-order valence-electron chi connectivity index (χ2n) is 28.3. The number of aldehydes is 5. The van der Waals surface area contributed by atoms with E-state index in [1.807, 2.05) is 29.2 Å². The SMILES string of the molecule is C=Cc1c(O)cccc1OC[C@@H]1CCCCN1C(=O)c1cc(OC)ccc1C=O.C=Cc1c(O)cccc1OC[C@@H]1CCCCN1C(=O)c1ccc(C=O)cc1.C=Cc1c(O)cccc1OCc1cccnc1-c1cnc(C=O)o1.C=Cc1c(O)cccc1OCc1cccnc1-c1coc(C=O)c1.C=Cc1c(O)cccc1OCc1cccnc1-c1csc(C=O)n1. The maximum atomic E-state index is 13.2. The van der Waals surface area contributed by atoms with Crippen LogP contribution in [0.25, 0.3) is 64.5 Å². The summed E-state index contributed by atoms with van der Waals surface area (Å²) in [6.45, 7) is 21.1. The summed E-state index contributed by atoms with van der Waals surface area (Å²) >= 11 is 1.27. The number of aromatic nitrogens is 5. The maximum Gasteiger partial charge on any atom is 0.260 e. The molecule has 2 fully saturated rings. The van der Waals surface area contributed by atoms with Gasteiger partial charge in [-0.2, -0.15) is 0 Å². The minimum Gasteiger partial charge on any atom is -0.507 e. The minimum atomic E-state index is -0.209. The molecule has 2 atom stereocenters. The fourth-order valence-corrected chi connectivity index (χ4v) is 14.4. The fourth-order valence-electron chi connectivity index (χ4n) is 13.8. The molecule has 2 aliphatic heterocycles. The van der Waals surface area contributed by atoms with Gasteiger partial charge in [0.1, 0.15) is 120 Å². The smallest absolute Gasteiger partial charge is 0.260 e. The molecule has 5 N–H and O–H groups in total. The Morgan fingerprint density at radius 3 is 1.35 bits per heavy atom. The standard InChI is InChI=1S/C23H25NO5.C22H23NO4.C19H15NO4.C18H14N2O4.C18H14N2O3S/c1-3-19-21(26)8-6-9-22(19)29-15-17-7-4-5-12-24(17)23(27)20-13-18(28-2)11-10-16(20)14-25;1-2-19-20(25)7-5-8-21(19)27-15-18-6-3-4-13-23(18)22(26)17-11-9-16(14-24)10-12-17;1-2-16-17(22)6-3-7-18(16)24-11-13-5-4-8-20-19(13)14-9-15(10-21)23-12-14;1-2-13-14(22)6-3-7-15(13)23-11-12-5-4-8-19-18(12)16-9-20-17(10-21)24-16;1-2-13-15(22)6-3-7-16(13)23-10-12-5-4-8-19-18(12)14-11-24-17(9-21)20-14/h3,6,8-11,13-14,17,26H,1,4-5,7,12,15H2,2H3;2,5,7-12,14,18,25H,1,3-4,6,13,15H2;2-10,12,22H,1,11H2;2-10,22H,1,11H2;2-9,11,22H,1,10H2/t17-;18-;;;/m00.../s1. The molecular formula is C100H91N7O20S. The van der Waals surface area contributed by atoms with Crippen molar-refractivity contribution in [2.24, 2.45) is 0 Å². The Balaban J connectivity index is 0.000000155. The summed E-state index contributed by atoms with van der Waals surface area (Å²) in [5, 5.41) is 51.6. The van der Waals surface area contributed by atoms with Gasteiger partial charge in [-0.05, 0) is 154 Å². The van der Waals surface area contributed by atoms with Gasteiger partial charge in [0.25, 0.3) is 17.7 Å². The lowest BCUT2D eigenvalue weighted by molar-refractivity contribution is 0.0522. The summed E-state index contributed by atoms with van der Waals surface area (Å²) in [6.07, 6.45) is 24.5. The lowest BCUT2D eigenvalue weighted by Gasteiger charge is -2.36.